The molecule has 0 unspecified atom stereocenters. The smallest absolute Gasteiger partial charge is 0.268 e. The number of rotatable bonds is 4. The number of carbonyl (C=O) groups is 1. The lowest BCUT2D eigenvalue weighted by Gasteiger charge is -2.14. The first-order chi connectivity index (χ1) is 14.5. The monoisotopic (exact) mass is 435 g/mol. The van der Waals surface area contributed by atoms with Gasteiger partial charge in [0.1, 0.15) is 0 Å². The maximum atomic E-state index is 13.1. The summed E-state index contributed by atoms with van der Waals surface area (Å²) in [4.78, 5) is 30.2. The molecule has 0 aliphatic rings. The number of aromatic nitrogens is 2. The third kappa shape index (κ3) is 4.27. The summed E-state index contributed by atoms with van der Waals surface area (Å²) >= 11 is 12.0. The Morgan fingerprint density at radius 2 is 1.70 bits per heavy atom. The molecule has 4 rings (SSSR count). The van der Waals surface area contributed by atoms with Crippen LogP contribution >= 0.6 is 23.2 Å². The van der Waals surface area contributed by atoms with Crippen molar-refractivity contribution in [1.82, 2.24) is 9.66 Å². The fourth-order valence-electron chi connectivity index (χ4n) is 2.95. The first kappa shape index (κ1) is 19.9. The number of nitrogens with one attached hydrogen (secondary N) is 1. The number of benzene rings is 3. The molecule has 0 spiro atoms. The molecule has 0 bridgehead atoms. The molecule has 0 saturated heterocycles. The van der Waals surface area contributed by atoms with Crippen molar-refractivity contribution in [2.75, 3.05) is 5.43 Å². The van der Waals surface area contributed by atoms with E-state index in [-0.39, 0.29) is 11.4 Å². The third-order valence-electron chi connectivity index (χ3n) is 4.38. The van der Waals surface area contributed by atoms with Crippen LogP contribution < -0.4 is 11.0 Å². The summed E-state index contributed by atoms with van der Waals surface area (Å²) in [5.74, 6) is -0.193. The van der Waals surface area contributed by atoms with E-state index >= 15 is 0 Å². The van der Waals surface area contributed by atoms with Crippen LogP contribution in [0.25, 0.3) is 28.4 Å². The predicted octanol–water partition coefficient (Wildman–Crippen LogP) is 5.15. The summed E-state index contributed by atoms with van der Waals surface area (Å²) in [5, 5.41) is 1.50. The van der Waals surface area contributed by atoms with Crippen molar-refractivity contribution in [2.45, 2.75) is 0 Å². The number of halogens is 2. The van der Waals surface area contributed by atoms with Crippen molar-refractivity contribution in [3.8, 4) is 11.4 Å². The molecule has 148 valence electrons. The largest absolute Gasteiger partial charge is 0.280 e. The Morgan fingerprint density at radius 3 is 2.47 bits per heavy atom. The van der Waals surface area contributed by atoms with Gasteiger partial charge in [-0.3, -0.25) is 15.0 Å². The van der Waals surface area contributed by atoms with Crippen molar-refractivity contribution >= 4 is 46.1 Å². The van der Waals surface area contributed by atoms with E-state index in [0.29, 0.717) is 26.5 Å². The number of carbonyl (C=O) groups excluding carboxylic acids is 1. The maximum Gasteiger partial charge on any atom is 0.280 e. The van der Waals surface area contributed by atoms with Crippen LogP contribution in [-0.4, -0.2) is 15.6 Å². The molecule has 3 aromatic carbocycles. The van der Waals surface area contributed by atoms with Crippen LogP contribution in [0.3, 0.4) is 0 Å². The van der Waals surface area contributed by atoms with Crippen LogP contribution in [0, 0.1) is 0 Å². The standard InChI is InChI=1S/C23H15Cl2N3O2/c24-17-11-8-15(9-12-17)10-13-21(29)27-28-22(16-4-3-5-18(25)14-16)26-20-7-2-1-6-19(20)23(28)30/h1-14H,(H,27,29)/b13-10-. The molecule has 0 aliphatic heterocycles. The fourth-order valence-corrected chi connectivity index (χ4v) is 3.27. The van der Waals surface area contributed by atoms with E-state index in [1.165, 1.54) is 6.08 Å². The summed E-state index contributed by atoms with van der Waals surface area (Å²) in [5.41, 5.74) is 4.16. The van der Waals surface area contributed by atoms with E-state index in [0.717, 1.165) is 10.2 Å². The van der Waals surface area contributed by atoms with Gasteiger partial charge < -0.3 is 0 Å². The van der Waals surface area contributed by atoms with Crippen molar-refractivity contribution in [1.29, 1.82) is 0 Å². The van der Waals surface area contributed by atoms with E-state index in [4.69, 9.17) is 23.2 Å². The summed E-state index contributed by atoms with van der Waals surface area (Å²) < 4.78 is 1.14. The Kier molecular flexibility index (Phi) is 5.65. The minimum absolute atomic E-state index is 0.287. The lowest BCUT2D eigenvalue weighted by Crippen LogP contribution is -2.34. The zero-order valence-corrected chi connectivity index (χ0v) is 17.1. The average molecular weight is 436 g/mol. The van der Waals surface area contributed by atoms with Gasteiger partial charge in [0, 0.05) is 21.7 Å². The van der Waals surface area contributed by atoms with E-state index in [1.54, 1.807) is 78.9 Å². The van der Waals surface area contributed by atoms with Gasteiger partial charge in [-0.25, -0.2) is 4.98 Å². The Hall–Kier alpha value is -3.41. The molecule has 0 fully saturated rings. The minimum Gasteiger partial charge on any atom is -0.268 e. The van der Waals surface area contributed by atoms with Crippen LogP contribution in [0.15, 0.2) is 83.7 Å². The normalized spacial score (nSPS) is 11.1. The number of amides is 1. The molecule has 1 aromatic heterocycles. The third-order valence-corrected chi connectivity index (χ3v) is 4.86. The Bertz CT molecular complexity index is 1330. The van der Waals surface area contributed by atoms with Gasteiger partial charge in [-0.2, -0.15) is 4.68 Å². The second-order valence-corrected chi connectivity index (χ2v) is 7.34. The van der Waals surface area contributed by atoms with E-state index in [2.05, 4.69) is 10.4 Å². The van der Waals surface area contributed by atoms with E-state index < -0.39 is 5.91 Å². The van der Waals surface area contributed by atoms with Gasteiger partial charge in [-0.15, -0.1) is 0 Å². The van der Waals surface area contributed by atoms with Crippen LogP contribution in [-0.2, 0) is 4.79 Å². The highest BCUT2D eigenvalue weighted by Gasteiger charge is 2.14. The molecule has 0 atom stereocenters. The molecule has 30 heavy (non-hydrogen) atoms. The van der Waals surface area contributed by atoms with Gasteiger partial charge in [0.15, 0.2) is 5.82 Å². The van der Waals surface area contributed by atoms with Crippen LogP contribution in [0.1, 0.15) is 5.56 Å². The van der Waals surface area contributed by atoms with Gasteiger partial charge in [0.25, 0.3) is 11.5 Å². The summed E-state index contributed by atoms with van der Waals surface area (Å²) in [6.07, 6.45) is 2.97. The first-order valence-corrected chi connectivity index (χ1v) is 9.79. The summed E-state index contributed by atoms with van der Waals surface area (Å²) in [7, 11) is 0. The van der Waals surface area contributed by atoms with Gasteiger partial charge in [0.2, 0.25) is 0 Å². The quantitative estimate of drug-likeness (QED) is 0.450. The van der Waals surface area contributed by atoms with Crippen molar-refractivity contribution in [3.63, 3.8) is 0 Å². The molecule has 0 aliphatic carbocycles. The number of fused-ring (bicyclic) bond motifs is 1. The molecule has 5 nitrogen and oxygen atoms in total. The molecule has 1 amide bonds. The van der Waals surface area contributed by atoms with Crippen molar-refractivity contribution in [2.24, 2.45) is 0 Å². The average Bonchev–Trinajstić information content (AvgIpc) is 2.75. The molecule has 4 aromatic rings. The van der Waals surface area contributed by atoms with Gasteiger partial charge in [-0.05, 0) is 48.0 Å². The van der Waals surface area contributed by atoms with Crippen LogP contribution in [0.5, 0.6) is 0 Å². The lowest BCUT2D eigenvalue weighted by molar-refractivity contribution is -0.112. The molecule has 1 N–H and O–H groups in total. The van der Waals surface area contributed by atoms with Crippen molar-refractivity contribution < 1.29 is 4.79 Å². The molecule has 0 radical (unpaired) electrons. The van der Waals surface area contributed by atoms with Crippen molar-refractivity contribution in [3.05, 3.63) is 105 Å². The highest BCUT2D eigenvalue weighted by atomic mass is 35.5. The Morgan fingerprint density at radius 1 is 0.933 bits per heavy atom. The molecule has 1 heterocycles. The minimum atomic E-state index is -0.479. The maximum absolute atomic E-state index is 13.1. The Balaban J connectivity index is 1.75. The topological polar surface area (TPSA) is 64.0 Å². The second-order valence-electron chi connectivity index (χ2n) is 6.46. The van der Waals surface area contributed by atoms with E-state index in [1.807, 2.05) is 0 Å². The zero-order chi connectivity index (χ0) is 21.1. The number of hydrogen-bond donors (Lipinski definition) is 1. The highest BCUT2D eigenvalue weighted by molar-refractivity contribution is 6.31. The SMILES string of the molecule is O=C(/C=C\c1ccc(Cl)cc1)Nn1c(-c2cccc(Cl)c2)nc2ccccc2c1=O. The molecule has 7 heteroatoms. The second kappa shape index (κ2) is 8.53. The van der Waals surface area contributed by atoms with Gasteiger partial charge in [0.05, 0.1) is 10.9 Å². The predicted molar refractivity (Wildman–Crippen MR) is 121 cm³/mol. The number of nitrogens with zero attached hydrogens (tertiary/aromatic N) is 2. The fraction of sp³-hybridized carbons (Fsp3) is 0. The Labute approximate surface area is 182 Å². The molecular weight excluding hydrogens is 421 g/mol. The first-order valence-electron chi connectivity index (χ1n) is 9.04. The summed E-state index contributed by atoms with van der Waals surface area (Å²) in [6, 6.07) is 20.9. The number of para-hydroxylation sites is 1. The van der Waals surface area contributed by atoms with Gasteiger partial charge in [-0.1, -0.05) is 59.6 Å². The molecular formula is C23H15Cl2N3O2. The molecule has 0 saturated carbocycles. The number of hydrogen-bond acceptors (Lipinski definition) is 3. The highest BCUT2D eigenvalue weighted by Crippen LogP contribution is 2.21. The van der Waals surface area contributed by atoms with Gasteiger partial charge >= 0.3 is 0 Å². The zero-order valence-electron chi connectivity index (χ0n) is 15.5. The summed E-state index contributed by atoms with van der Waals surface area (Å²) in [6.45, 7) is 0. The van der Waals surface area contributed by atoms with E-state index in [9.17, 15) is 9.59 Å². The van der Waals surface area contributed by atoms with Crippen LogP contribution in [0.2, 0.25) is 10.0 Å². The lowest BCUT2D eigenvalue weighted by atomic mass is 10.2. The van der Waals surface area contributed by atoms with Crippen LogP contribution in [0.4, 0.5) is 0 Å².